The molecule has 4 aromatic rings. The highest BCUT2D eigenvalue weighted by Crippen LogP contribution is 2.41. The second-order valence-electron chi connectivity index (χ2n) is 10.2. The van der Waals surface area contributed by atoms with Crippen molar-refractivity contribution in [2.24, 2.45) is 0 Å². The molecule has 7 nitrogen and oxygen atoms in total. The number of nitrogens with zero attached hydrogens (tertiary/aromatic N) is 5. The van der Waals surface area contributed by atoms with Gasteiger partial charge in [-0.25, -0.2) is 14.2 Å². The average molecular weight is 557 g/mol. The van der Waals surface area contributed by atoms with Gasteiger partial charge in [-0.1, -0.05) is 29.8 Å². The van der Waals surface area contributed by atoms with Gasteiger partial charge in [0.2, 0.25) is 0 Å². The number of hydrogen-bond acceptors (Lipinski definition) is 4. The summed E-state index contributed by atoms with van der Waals surface area (Å²) in [5.74, 6) is 0.656. The molecule has 40 heavy (non-hydrogen) atoms. The Labute approximate surface area is 237 Å². The molecule has 1 fully saturated rings. The molecule has 1 unspecified atom stereocenters. The summed E-state index contributed by atoms with van der Waals surface area (Å²) in [6.45, 7) is 5.33. The van der Waals surface area contributed by atoms with E-state index in [9.17, 15) is 9.18 Å². The largest absolute Gasteiger partial charge is 0.335 e. The molecule has 6 rings (SSSR count). The molecule has 3 heterocycles. The monoisotopic (exact) mass is 556 g/mol. The second kappa shape index (κ2) is 11.2. The number of piperazine rings is 1. The number of fused-ring (bicyclic) bond motifs is 2. The number of amides is 2. The van der Waals surface area contributed by atoms with E-state index in [4.69, 9.17) is 16.6 Å². The van der Waals surface area contributed by atoms with Crippen molar-refractivity contribution >= 4 is 35.0 Å². The van der Waals surface area contributed by atoms with Crippen LogP contribution in [0.3, 0.4) is 0 Å². The zero-order valence-electron chi connectivity index (χ0n) is 22.2. The van der Waals surface area contributed by atoms with Crippen LogP contribution in [-0.4, -0.2) is 56.5 Å². The van der Waals surface area contributed by atoms with Crippen LogP contribution < -0.4 is 5.32 Å². The molecule has 1 aliphatic carbocycles. The van der Waals surface area contributed by atoms with E-state index in [0.717, 1.165) is 41.2 Å². The lowest BCUT2D eigenvalue weighted by Gasteiger charge is -2.39. The fourth-order valence-corrected chi connectivity index (χ4v) is 5.80. The Kier molecular flexibility index (Phi) is 7.36. The van der Waals surface area contributed by atoms with E-state index in [-0.39, 0.29) is 17.9 Å². The first kappa shape index (κ1) is 26.2. The van der Waals surface area contributed by atoms with Crippen molar-refractivity contribution in [2.75, 3.05) is 31.5 Å². The number of halogens is 2. The van der Waals surface area contributed by atoms with E-state index in [2.05, 4.69) is 38.0 Å². The predicted octanol–water partition coefficient (Wildman–Crippen LogP) is 6.26. The molecule has 0 radical (unpaired) electrons. The minimum absolute atomic E-state index is 0.0745. The summed E-state index contributed by atoms with van der Waals surface area (Å²) >= 11 is 6.49. The number of carbonyl (C=O) groups excluding carboxylic acids is 1. The van der Waals surface area contributed by atoms with Crippen molar-refractivity contribution in [2.45, 2.75) is 25.9 Å². The molecule has 1 aliphatic heterocycles. The van der Waals surface area contributed by atoms with Gasteiger partial charge in [-0.3, -0.25) is 9.88 Å². The Balaban J connectivity index is 1.26. The first-order valence-electron chi connectivity index (χ1n) is 13.4. The fourth-order valence-electron chi connectivity index (χ4n) is 5.62. The molecule has 2 aromatic heterocycles. The molecular formula is C31H30ClFN6O. The van der Waals surface area contributed by atoms with Crippen LogP contribution in [-0.2, 0) is 6.54 Å². The molecule has 2 aromatic carbocycles. The summed E-state index contributed by atoms with van der Waals surface area (Å²) in [4.78, 5) is 26.4. The molecule has 0 saturated carbocycles. The Bertz CT molecular complexity index is 1560. The Morgan fingerprint density at radius 2 is 1.85 bits per heavy atom. The van der Waals surface area contributed by atoms with Crippen LogP contribution in [0.4, 0.5) is 14.9 Å². The third-order valence-electron chi connectivity index (χ3n) is 7.72. The van der Waals surface area contributed by atoms with Crippen molar-refractivity contribution in [1.82, 2.24) is 24.3 Å². The zero-order valence-corrected chi connectivity index (χ0v) is 23.0. The van der Waals surface area contributed by atoms with E-state index >= 15 is 0 Å². The summed E-state index contributed by atoms with van der Waals surface area (Å²) < 4.78 is 15.4. The maximum atomic E-state index is 13.3. The van der Waals surface area contributed by atoms with Crippen LogP contribution in [0.15, 0.2) is 73.2 Å². The topological polar surface area (TPSA) is 66.3 Å². The fraction of sp³-hybridized carbons (Fsp3) is 0.258. The number of urea groups is 1. The summed E-state index contributed by atoms with van der Waals surface area (Å²) in [5, 5.41) is 3.57. The SMILES string of the molecule is Cc1nccn1CCC1=Cc2cc(Cl)ccc2C(N2CCN(C(=O)Nc3ccc(F)cc3)CC2)c2ncccc21. The molecule has 2 amide bonds. The average Bonchev–Trinajstić information content (AvgIpc) is 3.32. The minimum Gasteiger partial charge on any atom is -0.335 e. The number of nitrogens with one attached hydrogen (secondary N) is 1. The van der Waals surface area contributed by atoms with E-state index in [1.54, 1.807) is 17.0 Å². The summed E-state index contributed by atoms with van der Waals surface area (Å²) in [7, 11) is 0. The number of allylic oxidation sites excluding steroid dienone is 1. The quantitative estimate of drug-likeness (QED) is 0.315. The number of aryl methyl sites for hydroxylation is 2. The Hall–Kier alpha value is -4.01. The predicted molar refractivity (Wildman–Crippen MR) is 156 cm³/mol. The maximum absolute atomic E-state index is 13.3. The molecule has 1 N–H and O–H groups in total. The van der Waals surface area contributed by atoms with Gasteiger partial charge >= 0.3 is 6.03 Å². The van der Waals surface area contributed by atoms with Crippen LogP contribution in [0, 0.1) is 12.7 Å². The number of aromatic nitrogens is 3. The number of imidazole rings is 1. The normalized spacial score (nSPS) is 17.0. The van der Waals surface area contributed by atoms with E-state index in [0.29, 0.717) is 36.9 Å². The summed E-state index contributed by atoms with van der Waals surface area (Å²) in [6, 6.07) is 15.8. The second-order valence-corrected chi connectivity index (χ2v) is 10.6. The van der Waals surface area contributed by atoms with Crippen LogP contribution in [0.2, 0.25) is 5.02 Å². The lowest BCUT2D eigenvalue weighted by Crippen LogP contribution is -2.51. The Morgan fingerprint density at radius 3 is 2.60 bits per heavy atom. The summed E-state index contributed by atoms with van der Waals surface area (Å²) in [5.41, 5.74) is 6.17. The van der Waals surface area contributed by atoms with Gasteiger partial charge in [0.1, 0.15) is 11.6 Å². The van der Waals surface area contributed by atoms with Crippen LogP contribution in [0.25, 0.3) is 11.6 Å². The highest BCUT2D eigenvalue weighted by Gasteiger charge is 2.33. The Morgan fingerprint density at radius 1 is 1.05 bits per heavy atom. The minimum atomic E-state index is -0.333. The number of hydrogen-bond donors (Lipinski definition) is 1. The molecule has 204 valence electrons. The van der Waals surface area contributed by atoms with Crippen molar-refractivity contribution in [1.29, 1.82) is 0 Å². The van der Waals surface area contributed by atoms with Crippen molar-refractivity contribution < 1.29 is 9.18 Å². The standard InChI is InChI=1S/C31H30ClFN6O/c1-21-34-12-14-37(21)13-10-22-19-23-20-24(32)4-9-28(23)30(29-27(22)3-2-11-35-29)38-15-17-39(18-16-38)31(40)36-26-7-5-25(33)6-8-26/h2-9,11-12,14,19-20,30H,10,13,15-18H2,1H3,(H,36,40). The van der Waals surface area contributed by atoms with Gasteiger partial charge < -0.3 is 14.8 Å². The van der Waals surface area contributed by atoms with E-state index in [1.807, 2.05) is 43.7 Å². The van der Waals surface area contributed by atoms with Gasteiger partial charge in [-0.05, 0) is 72.5 Å². The van der Waals surface area contributed by atoms with Gasteiger partial charge in [-0.2, -0.15) is 0 Å². The molecule has 9 heteroatoms. The molecule has 1 atom stereocenters. The van der Waals surface area contributed by atoms with Gasteiger partial charge in [0, 0.05) is 67.6 Å². The van der Waals surface area contributed by atoms with E-state index < -0.39 is 0 Å². The van der Waals surface area contributed by atoms with Gasteiger partial charge in [0.05, 0.1) is 11.7 Å². The van der Waals surface area contributed by atoms with Gasteiger partial charge in [0.25, 0.3) is 0 Å². The first-order valence-corrected chi connectivity index (χ1v) is 13.8. The molecular weight excluding hydrogens is 527 g/mol. The number of anilines is 1. The lowest BCUT2D eigenvalue weighted by atomic mass is 9.95. The number of rotatable bonds is 5. The maximum Gasteiger partial charge on any atom is 0.321 e. The number of benzene rings is 2. The molecule has 0 bridgehead atoms. The van der Waals surface area contributed by atoms with Crippen LogP contribution >= 0.6 is 11.6 Å². The van der Waals surface area contributed by atoms with Crippen molar-refractivity contribution in [3.8, 4) is 0 Å². The zero-order chi connectivity index (χ0) is 27.6. The number of carbonyl (C=O) groups is 1. The highest BCUT2D eigenvalue weighted by molar-refractivity contribution is 6.30. The van der Waals surface area contributed by atoms with Crippen LogP contribution in [0.5, 0.6) is 0 Å². The lowest BCUT2D eigenvalue weighted by molar-refractivity contribution is 0.125. The first-order chi connectivity index (χ1) is 19.5. The summed E-state index contributed by atoms with van der Waals surface area (Å²) in [6.07, 6.45) is 8.77. The van der Waals surface area contributed by atoms with Crippen molar-refractivity contribution in [3.63, 3.8) is 0 Å². The molecule has 2 aliphatic rings. The molecule has 0 spiro atoms. The van der Waals surface area contributed by atoms with Gasteiger partial charge in [-0.15, -0.1) is 0 Å². The smallest absolute Gasteiger partial charge is 0.321 e. The third kappa shape index (κ3) is 5.37. The van der Waals surface area contributed by atoms with Crippen molar-refractivity contribution in [3.05, 3.63) is 112 Å². The molecule has 1 saturated heterocycles. The third-order valence-corrected chi connectivity index (χ3v) is 7.96. The number of pyridine rings is 1. The van der Waals surface area contributed by atoms with Gasteiger partial charge in [0.15, 0.2) is 0 Å². The highest BCUT2D eigenvalue weighted by atomic mass is 35.5. The van der Waals surface area contributed by atoms with Crippen LogP contribution in [0.1, 0.15) is 40.7 Å². The van der Waals surface area contributed by atoms with E-state index in [1.165, 1.54) is 17.7 Å².